The SMILES string of the molecule is Cc1nc(N2CCSCC2)ncc1CNC(C)(C)C. The fourth-order valence-corrected chi connectivity index (χ4v) is 2.83. The average Bonchev–Trinajstić information content (AvgIpc) is 2.37. The predicted octanol–water partition coefficient (Wildman–Crippen LogP) is 2.23. The highest BCUT2D eigenvalue weighted by Gasteiger charge is 2.15. The summed E-state index contributed by atoms with van der Waals surface area (Å²) in [5.74, 6) is 3.24. The van der Waals surface area contributed by atoms with E-state index in [1.807, 2.05) is 18.0 Å². The first-order valence-corrected chi connectivity index (χ1v) is 8.01. The van der Waals surface area contributed by atoms with E-state index in [0.717, 1.165) is 31.3 Å². The van der Waals surface area contributed by atoms with Gasteiger partial charge in [0.05, 0.1) is 0 Å². The fourth-order valence-electron chi connectivity index (χ4n) is 1.93. The first-order chi connectivity index (χ1) is 8.96. The molecular weight excluding hydrogens is 256 g/mol. The van der Waals surface area contributed by atoms with E-state index in [1.54, 1.807) is 0 Å². The lowest BCUT2D eigenvalue weighted by Gasteiger charge is -2.27. The molecule has 1 aromatic heterocycles. The second kappa shape index (κ2) is 6.09. The van der Waals surface area contributed by atoms with Crippen LogP contribution >= 0.6 is 11.8 Å². The van der Waals surface area contributed by atoms with Crippen LogP contribution in [0.3, 0.4) is 0 Å². The molecule has 2 heterocycles. The van der Waals surface area contributed by atoms with Crippen LogP contribution in [0, 0.1) is 6.92 Å². The quantitative estimate of drug-likeness (QED) is 0.919. The summed E-state index contributed by atoms with van der Waals surface area (Å²) in [6.45, 7) is 11.5. The Hall–Kier alpha value is -0.810. The molecule has 2 rings (SSSR count). The number of thioether (sulfide) groups is 1. The maximum atomic E-state index is 4.66. The molecule has 0 unspecified atom stereocenters. The van der Waals surface area contributed by atoms with Crippen LogP contribution in [0.1, 0.15) is 32.0 Å². The van der Waals surface area contributed by atoms with Crippen molar-refractivity contribution in [2.75, 3.05) is 29.5 Å². The minimum absolute atomic E-state index is 0.120. The van der Waals surface area contributed by atoms with Crippen molar-refractivity contribution in [1.82, 2.24) is 15.3 Å². The second-order valence-corrected chi connectivity index (χ2v) is 7.21. The van der Waals surface area contributed by atoms with Gasteiger partial charge in [-0.25, -0.2) is 9.97 Å². The van der Waals surface area contributed by atoms with E-state index in [-0.39, 0.29) is 5.54 Å². The Morgan fingerprint density at radius 1 is 1.32 bits per heavy atom. The zero-order valence-electron chi connectivity index (χ0n) is 12.4. The average molecular weight is 280 g/mol. The summed E-state index contributed by atoms with van der Waals surface area (Å²) in [5.41, 5.74) is 2.39. The van der Waals surface area contributed by atoms with Crippen molar-refractivity contribution in [2.45, 2.75) is 39.8 Å². The molecule has 0 bridgehead atoms. The normalized spacial score (nSPS) is 16.7. The topological polar surface area (TPSA) is 41.1 Å². The highest BCUT2D eigenvalue weighted by atomic mass is 32.2. The number of aromatic nitrogens is 2. The van der Waals surface area contributed by atoms with Crippen molar-refractivity contribution >= 4 is 17.7 Å². The number of hydrogen-bond donors (Lipinski definition) is 1. The number of anilines is 1. The lowest BCUT2D eigenvalue weighted by Crippen LogP contribution is -2.36. The molecule has 4 nitrogen and oxygen atoms in total. The van der Waals surface area contributed by atoms with Crippen LogP contribution in [0.25, 0.3) is 0 Å². The van der Waals surface area contributed by atoms with Gasteiger partial charge in [-0.1, -0.05) is 0 Å². The fraction of sp³-hybridized carbons (Fsp3) is 0.714. The molecule has 19 heavy (non-hydrogen) atoms. The zero-order valence-corrected chi connectivity index (χ0v) is 13.2. The lowest BCUT2D eigenvalue weighted by atomic mass is 10.1. The summed E-state index contributed by atoms with van der Waals surface area (Å²) in [6.07, 6.45) is 1.97. The maximum absolute atomic E-state index is 4.66. The van der Waals surface area contributed by atoms with Gasteiger partial charge in [0, 0.05) is 54.1 Å². The van der Waals surface area contributed by atoms with Gasteiger partial charge < -0.3 is 10.2 Å². The first-order valence-electron chi connectivity index (χ1n) is 6.86. The maximum Gasteiger partial charge on any atom is 0.225 e. The van der Waals surface area contributed by atoms with Crippen LogP contribution in [-0.2, 0) is 6.54 Å². The smallest absolute Gasteiger partial charge is 0.225 e. The van der Waals surface area contributed by atoms with E-state index in [0.29, 0.717) is 0 Å². The van der Waals surface area contributed by atoms with E-state index in [2.05, 4.69) is 47.9 Å². The lowest BCUT2D eigenvalue weighted by molar-refractivity contribution is 0.423. The Morgan fingerprint density at radius 3 is 2.58 bits per heavy atom. The third-order valence-electron chi connectivity index (χ3n) is 3.17. The van der Waals surface area contributed by atoms with Gasteiger partial charge in [-0.05, 0) is 27.7 Å². The van der Waals surface area contributed by atoms with Gasteiger partial charge in [-0.3, -0.25) is 0 Å². The third kappa shape index (κ3) is 4.35. The van der Waals surface area contributed by atoms with Crippen molar-refractivity contribution in [2.24, 2.45) is 0 Å². The van der Waals surface area contributed by atoms with Crippen LogP contribution in [-0.4, -0.2) is 40.1 Å². The van der Waals surface area contributed by atoms with Gasteiger partial charge in [-0.15, -0.1) is 0 Å². The molecule has 1 fully saturated rings. The molecule has 1 aromatic rings. The largest absolute Gasteiger partial charge is 0.339 e. The Kier molecular flexibility index (Phi) is 4.68. The monoisotopic (exact) mass is 280 g/mol. The Bertz CT molecular complexity index is 422. The summed E-state index contributed by atoms with van der Waals surface area (Å²) in [6, 6.07) is 0. The summed E-state index contributed by atoms with van der Waals surface area (Å²) < 4.78 is 0. The molecule has 1 aliphatic heterocycles. The molecular formula is C14H24N4S. The molecule has 0 aromatic carbocycles. The van der Waals surface area contributed by atoms with Crippen LogP contribution in [0.4, 0.5) is 5.95 Å². The summed E-state index contributed by atoms with van der Waals surface area (Å²) in [4.78, 5) is 11.5. The third-order valence-corrected chi connectivity index (χ3v) is 4.11. The molecule has 0 saturated carbocycles. The number of rotatable bonds is 3. The van der Waals surface area contributed by atoms with E-state index < -0.39 is 0 Å². The minimum Gasteiger partial charge on any atom is -0.339 e. The molecule has 1 saturated heterocycles. The number of nitrogens with one attached hydrogen (secondary N) is 1. The van der Waals surface area contributed by atoms with Gasteiger partial charge in [-0.2, -0.15) is 11.8 Å². The van der Waals surface area contributed by atoms with Gasteiger partial charge in [0.25, 0.3) is 0 Å². The summed E-state index contributed by atoms with van der Waals surface area (Å²) >= 11 is 2.00. The molecule has 0 aliphatic carbocycles. The Morgan fingerprint density at radius 2 is 2.00 bits per heavy atom. The summed E-state index contributed by atoms with van der Waals surface area (Å²) in [7, 11) is 0. The molecule has 0 spiro atoms. The molecule has 0 radical (unpaired) electrons. The highest BCUT2D eigenvalue weighted by Crippen LogP contribution is 2.17. The van der Waals surface area contributed by atoms with Crippen LogP contribution in [0.15, 0.2) is 6.20 Å². The minimum atomic E-state index is 0.120. The van der Waals surface area contributed by atoms with Crippen molar-refractivity contribution < 1.29 is 0 Å². The summed E-state index contributed by atoms with van der Waals surface area (Å²) in [5, 5.41) is 3.48. The molecule has 0 amide bonds. The second-order valence-electron chi connectivity index (χ2n) is 5.98. The van der Waals surface area contributed by atoms with E-state index in [1.165, 1.54) is 17.1 Å². The van der Waals surface area contributed by atoms with Crippen molar-refractivity contribution in [3.63, 3.8) is 0 Å². The molecule has 5 heteroatoms. The zero-order chi connectivity index (χ0) is 13.9. The molecule has 1 N–H and O–H groups in total. The van der Waals surface area contributed by atoms with E-state index in [4.69, 9.17) is 0 Å². The van der Waals surface area contributed by atoms with Gasteiger partial charge >= 0.3 is 0 Å². The van der Waals surface area contributed by atoms with Crippen molar-refractivity contribution in [1.29, 1.82) is 0 Å². The molecule has 0 atom stereocenters. The molecule has 106 valence electrons. The number of aryl methyl sites for hydroxylation is 1. The van der Waals surface area contributed by atoms with Crippen molar-refractivity contribution in [3.8, 4) is 0 Å². The van der Waals surface area contributed by atoms with E-state index >= 15 is 0 Å². The van der Waals surface area contributed by atoms with Crippen molar-refractivity contribution in [3.05, 3.63) is 17.5 Å². The van der Waals surface area contributed by atoms with Crippen LogP contribution in [0.5, 0.6) is 0 Å². The standard InChI is InChI=1S/C14H24N4S/c1-11-12(10-16-14(2,3)4)9-15-13(17-11)18-5-7-19-8-6-18/h9,16H,5-8,10H2,1-4H3. The predicted molar refractivity (Wildman–Crippen MR) is 82.9 cm³/mol. The highest BCUT2D eigenvalue weighted by molar-refractivity contribution is 7.99. The van der Waals surface area contributed by atoms with E-state index in [9.17, 15) is 0 Å². The van der Waals surface area contributed by atoms with Crippen LogP contribution in [0.2, 0.25) is 0 Å². The first kappa shape index (κ1) is 14.6. The van der Waals surface area contributed by atoms with Gasteiger partial charge in [0.1, 0.15) is 0 Å². The Labute approximate surface area is 120 Å². The Balaban J connectivity index is 2.04. The van der Waals surface area contributed by atoms with Gasteiger partial charge in [0.2, 0.25) is 5.95 Å². The van der Waals surface area contributed by atoms with Crippen LogP contribution < -0.4 is 10.2 Å². The van der Waals surface area contributed by atoms with Gasteiger partial charge in [0.15, 0.2) is 0 Å². The molecule has 1 aliphatic rings. The number of hydrogen-bond acceptors (Lipinski definition) is 5. The number of nitrogens with zero attached hydrogens (tertiary/aromatic N) is 3.